The number of carbonyl (C=O) groups is 1. The van der Waals surface area contributed by atoms with Crippen molar-refractivity contribution in [3.63, 3.8) is 0 Å². The van der Waals surface area contributed by atoms with E-state index in [1.165, 1.54) is 49.3 Å². The zero-order chi connectivity index (χ0) is 21.7. The van der Waals surface area contributed by atoms with Crippen molar-refractivity contribution in [3.8, 4) is 0 Å². The summed E-state index contributed by atoms with van der Waals surface area (Å²) in [5, 5.41) is 3.15. The molecule has 31 heavy (non-hydrogen) atoms. The van der Waals surface area contributed by atoms with Gasteiger partial charge in [0.1, 0.15) is 4.90 Å². The number of nitrogens with zero attached hydrogens (tertiary/aromatic N) is 3. The number of amides is 1. The smallest absolute Gasteiger partial charge is 0.244 e. The van der Waals surface area contributed by atoms with Crippen molar-refractivity contribution in [3.05, 3.63) is 24.5 Å². The Kier molecular flexibility index (Phi) is 7.29. The fourth-order valence-electron chi connectivity index (χ4n) is 5.70. The molecule has 1 saturated carbocycles. The summed E-state index contributed by atoms with van der Waals surface area (Å²) in [6.07, 6.45) is 13.0. The normalized spacial score (nSPS) is 25.0. The molecule has 7 nitrogen and oxygen atoms in total. The monoisotopic (exact) mass is 448 g/mol. The van der Waals surface area contributed by atoms with E-state index in [-0.39, 0.29) is 28.7 Å². The summed E-state index contributed by atoms with van der Waals surface area (Å²) in [7, 11) is -3.64. The van der Waals surface area contributed by atoms with Gasteiger partial charge < -0.3 is 10.2 Å². The van der Waals surface area contributed by atoms with Crippen LogP contribution in [0, 0.1) is 11.3 Å². The molecule has 2 saturated heterocycles. The third-order valence-electron chi connectivity index (χ3n) is 7.45. The van der Waals surface area contributed by atoms with E-state index < -0.39 is 10.0 Å². The van der Waals surface area contributed by atoms with Gasteiger partial charge in [0.05, 0.1) is 5.92 Å². The Bertz CT molecular complexity index is 834. The lowest BCUT2D eigenvalue weighted by Gasteiger charge is -2.37. The summed E-state index contributed by atoms with van der Waals surface area (Å²) >= 11 is 0. The summed E-state index contributed by atoms with van der Waals surface area (Å²) in [6.45, 7) is 4.74. The highest BCUT2D eigenvalue weighted by Gasteiger charge is 2.53. The summed E-state index contributed by atoms with van der Waals surface area (Å²) in [4.78, 5) is 19.9. The van der Waals surface area contributed by atoms with Crippen LogP contribution in [0.3, 0.4) is 0 Å². The van der Waals surface area contributed by atoms with Crippen molar-refractivity contribution in [1.29, 1.82) is 0 Å². The van der Waals surface area contributed by atoms with Crippen LogP contribution in [0.1, 0.15) is 57.8 Å². The molecule has 1 spiro atoms. The van der Waals surface area contributed by atoms with Gasteiger partial charge in [-0.3, -0.25) is 9.78 Å². The summed E-state index contributed by atoms with van der Waals surface area (Å²) in [5.74, 6) is -0.237. The molecule has 1 atom stereocenters. The van der Waals surface area contributed by atoms with Crippen LogP contribution in [0.15, 0.2) is 29.4 Å². The molecular weight excluding hydrogens is 412 g/mol. The molecule has 0 radical (unpaired) electrons. The fraction of sp³-hybridized carbons (Fsp3) is 0.739. The van der Waals surface area contributed by atoms with Crippen LogP contribution in [-0.2, 0) is 14.8 Å². The van der Waals surface area contributed by atoms with Gasteiger partial charge in [0, 0.05) is 32.0 Å². The van der Waals surface area contributed by atoms with Crippen molar-refractivity contribution >= 4 is 15.9 Å². The molecule has 3 aliphatic rings. The van der Waals surface area contributed by atoms with E-state index in [2.05, 4.69) is 15.2 Å². The van der Waals surface area contributed by atoms with Gasteiger partial charge in [-0.2, -0.15) is 4.31 Å². The van der Waals surface area contributed by atoms with Crippen molar-refractivity contribution in [2.75, 3.05) is 39.3 Å². The number of carbonyl (C=O) groups excluding carboxylic acids is 1. The first kappa shape index (κ1) is 22.7. The molecule has 4 rings (SSSR count). The van der Waals surface area contributed by atoms with Crippen LogP contribution in [0.4, 0.5) is 0 Å². The molecule has 1 aromatic rings. The van der Waals surface area contributed by atoms with E-state index >= 15 is 0 Å². The van der Waals surface area contributed by atoms with Crippen LogP contribution in [0.25, 0.3) is 0 Å². The van der Waals surface area contributed by atoms with Gasteiger partial charge in [-0.25, -0.2) is 8.42 Å². The molecule has 0 aromatic carbocycles. The Hall–Kier alpha value is -1.51. The van der Waals surface area contributed by atoms with E-state index in [0.717, 1.165) is 38.6 Å². The van der Waals surface area contributed by atoms with Crippen molar-refractivity contribution in [1.82, 2.24) is 19.5 Å². The maximum Gasteiger partial charge on any atom is 0.244 e. The number of sulfonamides is 1. The average molecular weight is 449 g/mol. The molecule has 3 heterocycles. The summed E-state index contributed by atoms with van der Waals surface area (Å²) in [5.41, 5.74) is -0.232. The highest BCUT2D eigenvalue weighted by atomic mass is 32.2. The highest BCUT2D eigenvalue weighted by molar-refractivity contribution is 7.89. The standard InChI is InChI=1S/C23H36N4O3S/c28-22(25-13-8-16-26-14-5-2-6-15-26)21-18-27(19-23(21)10-3-1-4-11-23)31(29,30)20-9-7-12-24-17-20/h7,9,12,17,21H,1-6,8,10-11,13-16,18-19H2,(H,25,28)/t21-/m0/s1. The van der Waals surface area contributed by atoms with Gasteiger partial charge in [-0.15, -0.1) is 0 Å². The van der Waals surface area contributed by atoms with E-state index in [1.54, 1.807) is 18.3 Å². The van der Waals surface area contributed by atoms with Crippen LogP contribution in [0.2, 0.25) is 0 Å². The molecular formula is C23H36N4O3S. The topological polar surface area (TPSA) is 82.6 Å². The lowest BCUT2D eigenvalue weighted by Crippen LogP contribution is -2.43. The van der Waals surface area contributed by atoms with Crippen LogP contribution in [-0.4, -0.2) is 67.8 Å². The first-order valence-corrected chi connectivity index (χ1v) is 13.4. The zero-order valence-electron chi connectivity index (χ0n) is 18.5. The Morgan fingerprint density at radius 1 is 1.13 bits per heavy atom. The quantitative estimate of drug-likeness (QED) is 0.649. The third-order valence-corrected chi connectivity index (χ3v) is 9.25. The molecule has 1 aliphatic carbocycles. The average Bonchev–Trinajstić information content (AvgIpc) is 3.18. The first-order chi connectivity index (χ1) is 15.0. The molecule has 1 aromatic heterocycles. The molecule has 1 amide bonds. The predicted octanol–water partition coefficient (Wildman–Crippen LogP) is 2.64. The second-order valence-corrected chi connectivity index (χ2v) is 11.4. The highest BCUT2D eigenvalue weighted by Crippen LogP contribution is 2.48. The number of aromatic nitrogens is 1. The second-order valence-electron chi connectivity index (χ2n) is 9.51. The minimum absolute atomic E-state index is 0.0319. The zero-order valence-corrected chi connectivity index (χ0v) is 19.3. The maximum atomic E-state index is 13.2. The SMILES string of the molecule is O=C(NCCCN1CCCCC1)[C@@H]1CN(S(=O)(=O)c2cccnc2)CC12CCCCC2. The van der Waals surface area contributed by atoms with Crippen molar-refractivity contribution in [2.24, 2.45) is 11.3 Å². The Morgan fingerprint density at radius 3 is 2.58 bits per heavy atom. The minimum atomic E-state index is -3.64. The molecule has 3 fully saturated rings. The molecule has 1 N–H and O–H groups in total. The van der Waals surface area contributed by atoms with E-state index in [4.69, 9.17) is 0 Å². The van der Waals surface area contributed by atoms with Gasteiger partial charge in [-0.1, -0.05) is 25.7 Å². The Morgan fingerprint density at radius 2 is 1.87 bits per heavy atom. The number of rotatable bonds is 7. The van der Waals surface area contributed by atoms with Gasteiger partial charge in [0.15, 0.2) is 0 Å². The molecule has 2 aliphatic heterocycles. The molecule has 172 valence electrons. The van der Waals surface area contributed by atoms with Gasteiger partial charge in [0.2, 0.25) is 15.9 Å². The predicted molar refractivity (Wildman–Crippen MR) is 120 cm³/mol. The van der Waals surface area contributed by atoms with Crippen molar-refractivity contribution < 1.29 is 13.2 Å². The van der Waals surface area contributed by atoms with Crippen LogP contribution >= 0.6 is 0 Å². The number of hydrogen-bond acceptors (Lipinski definition) is 5. The second kappa shape index (κ2) is 9.96. The number of nitrogens with one attached hydrogen (secondary N) is 1. The molecule has 0 bridgehead atoms. The van der Waals surface area contributed by atoms with E-state index in [1.807, 2.05) is 0 Å². The number of pyridine rings is 1. The van der Waals surface area contributed by atoms with Crippen LogP contribution in [0.5, 0.6) is 0 Å². The van der Waals surface area contributed by atoms with Gasteiger partial charge >= 0.3 is 0 Å². The van der Waals surface area contributed by atoms with Gasteiger partial charge in [-0.05, 0) is 69.3 Å². The summed E-state index contributed by atoms with van der Waals surface area (Å²) < 4.78 is 28.0. The van der Waals surface area contributed by atoms with E-state index in [9.17, 15) is 13.2 Å². The Balaban J connectivity index is 1.40. The minimum Gasteiger partial charge on any atom is -0.356 e. The molecule has 8 heteroatoms. The first-order valence-electron chi connectivity index (χ1n) is 11.9. The maximum absolute atomic E-state index is 13.2. The Labute approximate surface area is 186 Å². The lowest BCUT2D eigenvalue weighted by molar-refractivity contribution is -0.128. The van der Waals surface area contributed by atoms with E-state index in [0.29, 0.717) is 13.1 Å². The number of likely N-dealkylation sites (tertiary alicyclic amines) is 1. The third kappa shape index (κ3) is 5.12. The number of piperidine rings is 1. The lowest BCUT2D eigenvalue weighted by atomic mass is 9.67. The number of hydrogen-bond donors (Lipinski definition) is 1. The largest absolute Gasteiger partial charge is 0.356 e. The fourth-order valence-corrected chi connectivity index (χ4v) is 7.21. The molecule has 0 unspecified atom stereocenters. The van der Waals surface area contributed by atoms with Crippen molar-refractivity contribution in [2.45, 2.75) is 62.7 Å². The van der Waals surface area contributed by atoms with Gasteiger partial charge in [0.25, 0.3) is 0 Å². The van der Waals surface area contributed by atoms with Crippen LogP contribution < -0.4 is 5.32 Å². The summed E-state index contributed by atoms with van der Waals surface area (Å²) in [6, 6.07) is 3.23.